The van der Waals surface area contributed by atoms with E-state index in [0.717, 1.165) is 0 Å². The van der Waals surface area contributed by atoms with E-state index in [9.17, 15) is 26.3 Å². The van der Waals surface area contributed by atoms with E-state index in [1.807, 2.05) is 0 Å². The molecule has 9 heteroatoms. The molecule has 0 radical (unpaired) electrons. The van der Waals surface area contributed by atoms with Crippen molar-refractivity contribution in [3.05, 3.63) is 0 Å². The summed E-state index contributed by atoms with van der Waals surface area (Å²) in [5, 5.41) is 0. The van der Waals surface area contributed by atoms with Gasteiger partial charge in [-0.25, -0.2) is 0 Å². The lowest BCUT2D eigenvalue weighted by atomic mass is 10.3. The van der Waals surface area contributed by atoms with Crippen molar-refractivity contribution >= 4 is 17.2 Å². The van der Waals surface area contributed by atoms with Crippen molar-refractivity contribution in [3.63, 3.8) is 0 Å². The Balaban J connectivity index is 4.21. The largest absolute Gasteiger partial charge is 0.423 e. The first-order valence-corrected chi connectivity index (χ1v) is 4.49. The van der Waals surface area contributed by atoms with Crippen LogP contribution in [0, 0.1) is 0 Å². The Morgan fingerprint density at radius 2 is 1.56 bits per heavy atom. The number of hydrogen-bond donors (Lipinski definition) is 1. The number of thiocarbonyl (C=S) groups is 1. The van der Waals surface area contributed by atoms with Gasteiger partial charge in [-0.1, -0.05) is 12.2 Å². The minimum Gasteiger partial charge on any atom is -0.393 e. The molecule has 0 spiro atoms. The summed E-state index contributed by atoms with van der Waals surface area (Å²) in [6.45, 7) is -0.707. The van der Waals surface area contributed by atoms with Gasteiger partial charge in [-0.2, -0.15) is 26.3 Å². The summed E-state index contributed by atoms with van der Waals surface area (Å²) >= 11 is 4.40. The van der Waals surface area contributed by atoms with Crippen LogP contribution in [-0.4, -0.2) is 30.1 Å². The van der Waals surface area contributed by atoms with Gasteiger partial charge in [-0.05, 0) is 12.8 Å². The molecule has 0 aromatic heterocycles. The number of ether oxygens (including phenoxy) is 1. The van der Waals surface area contributed by atoms with Crippen molar-refractivity contribution in [2.45, 2.75) is 31.3 Å². The van der Waals surface area contributed by atoms with Gasteiger partial charge in [0.15, 0.2) is 0 Å². The summed E-state index contributed by atoms with van der Waals surface area (Å²) in [5.41, 5.74) is 5.01. The van der Waals surface area contributed by atoms with Crippen LogP contribution in [0.3, 0.4) is 0 Å². The smallest absolute Gasteiger partial charge is 0.393 e. The Bertz CT molecular complexity index is 224. The summed E-state index contributed by atoms with van der Waals surface area (Å²) in [4.78, 5) is 0.0131. The Hall–Kier alpha value is -0.570. The molecular weight excluding hydrogens is 260 g/mol. The van der Waals surface area contributed by atoms with Crippen molar-refractivity contribution in [2.24, 2.45) is 5.73 Å². The van der Waals surface area contributed by atoms with Crippen LogP contribution in [0.5, 0.6) is 0 Å². The van der Waals surface area contributed by atoms with E-state index in [1.54, 1.807) is 0 Å². The molecule has 0 aromatic carbocycles. The van der Waals surface area contributed by atoms with Gasteiger partial charge < -0.3 is 10.5 Å². The van der Waals surface area contributed by atoms with E-state index < -0.39 is 25.1 Å². The third-order valence-electron chi connectivity index (χ3n) is 1.45. The molecule has 0 heterocycles. The average molecular weight is 269 g/mol. The van der Waals surface area contributed by atoms with E-state index in [2.05, 4.69) is 17.0 Å². The summed E-state index contributed by atoms with van der Waals surface area (Å²) < 4.78 is 75.2. The summed E-state index contributed by atoms with van der Waals surface area (Å²) in [6, 6.07) is 0. The second kappa shape index (κ2) is 5.67. The molecule has 0 aliphatic carbocycles. The molecule has 0 rings (SSSR count). The maximum absolute atomic E-state index is 11.9. The van der Waals surface area contributed by atoms with Gasteiger partial charge in [0.2, 0.25) is 6.10 Å². The van der Waals surface area contributed by atoms with Crippen LogP contribution in [0.2, 0.25) is 0 Å². The van der Waals surface area contributed by atoms with Gasteiger partial charge >= 0.3 is 12.4 Å². The van der Waals surface area contributed by atoms with E-state index in [0.29, 0.717) is 0 Å². The van der Waals surface area contributed by atoms with E-state index in [4.69, 9.17) is 5.73 Å². The number of alkyl halides is 6. The predicted octanol–water partition coefficient (Wildman–Crippen LogP) is 2.56. The molecule has 2 nitrogen and oxygen atoms in total. The SMILES string of the molecule is NC(=S)CCCOC(C(F)(F)F)C(F)(F)F. The number of hydrogen-bond acceptors (Lipinski definition) is 2. The first-order chi connectivity index (χ1) is 7.05. The molecule has 0 aliphatic rings. The maximum atomic E-state index is 11.9. The second-order valence-electron chi connectivity index (χ2n) is 2.90. The van der Waals surface area contributed by atoms with Crippen molar-refractivity contribution in [3.8, 4) is 0 Å². The molecule has 0 atom stereocenters. The first kappa shape index (κ1) is 15.4. The zero-order valence-electron chi connectivity index (χ0n) is 7.86. The van der Waals surface area contributed by atoms with Crippen LogP contribution in [0.4, 0.5) is 26.3 Å². The standard InChI is InChI=1S/C7H9F6NOS/c8-6(9,10)5(7(11,12)13)15-3-1-2-4(14)16/h5H,1-3H2,(H2,14,16). The zero-order chi connectivity index (χ0) is 13.0. The first-order valence-electron chi connectivity index (χ1n) is 4.08. The molecule has 96 valence electrons. The van der Waals surface area contributed by atoms with Gasteiger partial charge in [0.1, 0.15) is 0 Å². The highest BCUT2D eigenvalue weighted by Gasteiger charge is 2.57. The van der Waals surface area contributed by atoms with Gasteiger partial charge in [0.25, 0.3) is 0 Å². The molecule has 16 heavy (non-hydrogen) atoms. The molecule has 0 aromatic rings. The Morgan fingerprint density at radius 3 is 1.88 bits per heavy atom. The van der Waals surface area contributed by atoms with Gasteiger partial charge in [0, 0.05) is 6.61 Å². The fourth-order valence-corrected chi connectivity index (χ4v) is 0.966. The van der Waals surface area contributed by atoms with Crippen molar-refractivity contribution in [1.82, 2.24) is 0 Å². The quantitative estimate of drug-likeness (QED) is 0.473. The lowest BCUT2D eigenvalue weighted by molar-refractivity contribution is -0.321. The number of rotatable bonds is 5. The average Bonchev–Trinajstić information content (AvgIpc) is 1.97. The fourth-order valence-electron chi connectivity index (χ4n) is 0.822. The lowest BCUT2D eigenvalue weighted by Gasteiger charge is -2.22. The van der Waals surface area contributed by atoms with Crippen molar-refractivity contribution < 1.29 is 31.1 Å². The highest BCUT2D eigenvalue weighted by atomic mass is 32.1. The van der Waals surface area contributed by atoms with Crippen LogP contribution in [0.1, 0.15) is 12.8 Å². The van der Waals surface area contributed by atoms with Crippen molar-refractivity contribution in [1.29, 1.82) is 0 Å². The molecule has 0 saturated heterocycles. The van der Waals surface area contributed by atoms with Gasteiger partial charge in [-0.3, -0.25) is 0 Å². The third kappa shape index (κ3) is 6.11. The minimum atomic E-state index is -5.47. The molecular formula is C7H9F6NOS. The molecule has 0 bridgehead atoms. The molecule has 0 unspecified atom stereocenters. The molecule has 0 aliphatic heterocycles. The Kier molecular flexibility index (Phi) is 5.47. The van der Waals surface area contributed by atoms with Crippen LogP contribution in [0.25, 0.3) is 0 Å². The van der Waals surface area contributed by atoms with Gasteiger partial charge in [0.05, 0.1) is 4.99 Å². The summed E-state index contributed by atoms with van der Waals surface area (Å²) in [5.74, 6) is 0. The van der Waals surface area contributed by atoms with Crippen molar-refractivity contribution in [2.75, 3.05) is 6.61 Å². The molecule has 0 saturated carbocycles. The third-order valence-corrected chi connectivity index (χ3v) is 1.65. The van der Waals surface area contributed by atoms with Crippen LogP contribution < -0.4 is 5.73 Å². The summed E-state index contributed by atoms with van der Waals surface area (Å²) in [7, 11) is 0. The minimum absolute atomic E-state index is 0.0131. The number of halogens is 6. The van der Waals surface area contributed by atoms with Crippen LogP contribution in [-0.2, 0) is 4.74 Å². The Labute approximate surface area is 92.7 Å². The number of nitrogens with two attached hydrogens (primary N) is 1. The van der Waals surface area contributed by atoms with E-state index in [-0.39, 0.29) is 17.8 Å². The highest BCUT2D eigenvalue weighted by molar-refractivity contribution is 7.80. The van der Waals surface area contributed by atoms with Crippen LogP contribution >= 0.6 is 12.2 Å². The normalized spacial score (nSPS) is 13.2. The lowest BCUT2D eigenvalue weighted by Crippen LogP contribution is -2.44. The Morgan fingerprint density at radius 1 is 1.12 bits per heavy atom. The molecule has 0 fully saturated rings. The van der Waals surface area contributed by atoms with Crippen LogP contribution in [0.15, 0.2) is 0 Å². The van der Waals surface area contributed by atoms with Gasteiger partial charge in [-0.15, -0.1) is 0 Å². The summed E-state index contributed by atoms with van der Waals surface area (Å²) in [6.07, 6.45) is -14.7. The fraction of sp³-hybridized carbons (Fsp3) is 0.857. The predicted molar refractivity (Wildman–Crippen MR) is 47.9 cm³/mol. The highest BCUT2D eigenvalue weighted by Crippen LogP contribution is 2.35. The maximum Gasteiger partial charge on any atom is 0.423 e. The monoisotopic (exact) mass is 269 g/mol. The van der Waals surface area contributed by atoms with E-state index >= 15 is 0 Å². The molecule has 0 amide bonds. The van der Waals surface area contributed by atoms with E-state index in [1.165, 1.54) is 0 Å². The second-order valence-corrected chi connectivity index (χ2v) is 3.43. The zero-order valence-corrected chi connectivity index (χ0v) is 8.68. The molecule has 2 N–H and O–H groups in total. The topological polar surface area (TPSA) is 35.2 Å².